The lowest BCUT2D eigenvalue weighted by atomic mass is 10.3. The summed E-state index contributed by atoms with van der Waals surface area (Å²) in [6.07, 6.45) is 0.0634. The molecule has 0 aromatic carbocycles. The van der Waals surface area contributed by atoms with Gasteiger partial charge < -0.3 is 4.84 Å². The van der Waals surface area contributed by atoms with Crippen LogP contribution in [0.3, 0.4) is 0 Å². The highest BCUT2D eigenvalue weighted by molar-refractivity contribution is 6.32. The van der Waals surface area contributed by atoms with Gasteiger partial charge in [-0.25, -0.2) is 9.78 Å². The predicted octanol–water partition coefficient (Wildman–Crippen LogP) is 1.61. The van der Waals surface area contributed by atoms with Crippen molar-refractivity contribution >= 4 is 41.0 Å². The van der Waals surface area contributed by atoms with Gasteiger partial charge in [0.25, 0.3) is 11.8 Å². The number of aromatic nitrogens is 1. The van der Waals surface area contributed by atoms with E-state index in [2.05, 4.69) is 9.82 Å². The summed E-state index contributed by atoms with van der Waals surface area (Å²) in [6.45, 7) is 0. The molecule has 0 saturated carbocycles. The first kappa shape index (κ1) is 12.8. The van der Waals surface area contributed by atoms with Crippen LogP contribution in [-0.4, -0.2) is 27.8 Å². The Labute approximate surface area is 111 Å². The zero-order valence-corrected chi connectivity index (χ0v) is 10.4. The Morgan fingerprint density at radius 2 is 1.67 bits per heavy atom. The molecule has 1 aromatic rings. The van der Waals surface area contributed by atoms with Crippen molar-refractivity contribution in [2.75, 3.05) is 0 Å². The van der Waals surface area contributed by atoms with E-state index in [0.717, 1.165) is 0 Å². The van der Waals surface area contributed by atoms with Gasteiger partial charge in [0.1, 0.15) is 10.3 Å². The molecule has 1 aliphatic rings. The fourth-order valence-electron chi connectivity index (χ4n) is 1.38. The highest BCUT2D eigenvalue weighted by Gasteiger charge is 2.33. The molecule has 0 aliphatic carbocycles. The van der Waals surface area contributed by atoms with Crippen LogP contribution < -0.4 is 0 Å². The summed E-state index contributed by atoms with van der Waals surface area (Å²) in [4.78, 5) is 42.5. The van der Waals surface area contributed by atoms with Crippen LogP contribution >= 0.6 is 23.2 Å². The highest BCUT2D eigenvalue weighted by atomic mass is 35.5. The zero-order chi connectivity index (χ0) is 13.3. The summed E-state index contributed by atoms with van der Waals surface area (Å²) in [6, 6.07) is 2.45. The van der Waals surface area contributed by atoms with E-state index in [1.165, 1.54) is 12.1 Å². The molecule has 0 atom stereocenters. The summed E-state index contributed by atoms with van der Waals surface area (Å²) in [5.74, 6) is -2.01. The number of imide groups is 1. The third-order valence-corrected chi connectivity index (χ3v) is 2.57. The van der Waals surface area contributed by atoms with E-state index in [1.54, 1.807) is 0 Å². The average Bonchev–Trinajstić information content (AvgIpc) is 2.59. The number of rotatable bonds is 2. The van der Waals surface area contributed by atoms with Gasteiger partial charge in [0.15, 0.2) is 0 Å². The van der Waals surface area contributed by atoms with Crippen molar-refractivity contribution in [3.8, 4) is 0 Å². The number of halogens is 2. The quantitative estimate of drug-likeness (QED) is 0.610. The van der Waals surface area contributed by atoms with Crippen LogP contribution in [0.15, 0.2) is 12.1 Å². The number of nitrogens with zero attached hydrogens (tertiary/aromatic N) is 2. The number of carbonyl (C=O) groups excluding carboxylic acids is 3. The second-order valence-corrected chi connectivity index (χ2v) is 4.24. The largest absolute Gasteiger partial charge is 0.364 e. The highest BCUT2D eigenvalue weighted by Crippen LogP contribution is 2.18. The Bertz CT molecular complexity index is 510. The summed E-state index contributed by atoms with van der Waals surface area (Å²) < 4.78 is 0. The second-order valence-electron chi connectivity index (χ2n) is 3.46. The van der Waals surface area contributed by atoms with E-state index in [4.69, 9.17) is 23.2 Å². The van der Waals surface area contributed by atoms with Crippen molar-refractivity contribution in [1.29, 1.82) is 0 Å². The fraction of sp³-hybridized carbons (Fsp3) is 0.200. The van der Waals surface area contributed by atoms with Crippen LogP contribution in [0.4, 0.5) is 0 Å². The lowest BCUT2D eigenvalue weighted by molar-refractivity contribution is -0.172. The molecule has 0 bridgehead atoms. The minimum absolute atomic E-state index is 0.00694. The third-order valence-electron chi connectivity index (χ3n) is 2.18. The molecule has 94 valence electrons. The van der Waals surface area contributed by atoms with Crippen LogP contribution in [0, 0.1) is 0 Å². The van der Waals surface area contributed by atoms with Crippen LogP contribution in [0.25, 0.3) is 0 Å². The summed E-state index contributed by atoms with van der Waals surface area (Å²) in [5.41, 5.74) is 0.00694. The van der Waals surface area contributed by atoms with Gasteiger partial charge in [-0.2, -0.15) is 0 Å². The zero-order valence-electron chi connectivity index (χ0n) is 8.85. The molecule has 2 heterocycles. The maximum Gasteiger partial charge on any atom is 0.364 e. The molecule has 1 saturated heterocycles. The van der Waals surface area contributed by atoms with E-state index >= 15 is 0 Å². The average molecular weight is 289 g/mol. The molecular formula is C10H6Cl2N2O4. The van der Waals surface area contributed by atoms with Crippen molar-refractivity contribution in [1.82, 2.24) is 10.0 Å². The summed E-state index contributed by atoms with van der Waals surface area (Å²) >= 11 is 11.2. The van der Waals surface area contributed by atoms with Crippen molar-refractivity contribution in [3.63, 3.8) is 0 Å². The molecule has 0 radical (unpaired) electrons. The van der Waals surface area contributed by atoms with Crippen LogP contribution in [-0.2, 0) is 14.4 Å². The smallest absolute Gasteiger partial charge is 0.325 e. The minimum atomic E-state index is -0.898. The standard InChI is InChI=1S/C10H6Cl2N2O4/c11-6-3-5(4-7(12)13-6)10(17)18-14-8(15)1-2-9(14)16/h3-4H,1-2H2. The first-order valence-corrected chi connectivity index (χ1v) is 5.64. The van der Waals surface area contributed by atoms with Crippen LogP contribution in [0.5, 0.6) is 0 Å². The number of amides is 2. The van der Waals surface area contributed by atoms with Gasteiger partial charge in [-0.1, -0.05) is 23.2 Å². The van der Waals surface area contributed by atoms with Crippen molar-refractivity contribution in [3.05, 3.63) is 28.0 Å². The number of hydrogen-bond donors (Lipinski definition) is 0. The molecule has 6 nitrogen and oxygen atoms in total. The van der Waals surface area contributed by atoms with E-state index < -0.39 is 17.8 Å². The molecule has 8 heteroatoms. The van der Waals surface area contributed by atoms with E-state index in [1.807, 2.05) is 0 Å². The Hall–Kier alpha value is -1.66. The molecule has 18 heavy (non-hydrogen) atoms. The Morgan fingerprint density at radius 1 is 1.17 bits per heavy atom. The molecule has 1 fully saturated rings. The minimum Gasteiger partial charge on any atom is -0.325 e. The normalized spacial score (nSPS) is 15.1. The first-order valence-electron chi connectivity index (χ1n) is 4.88. The molecule has 2 amide bonds. The number of pyridine rings is 1. The van der Waals surface area contributed by atoms with Crippen LogP contribution in [0.1, 0.15) is 23.2 Å². The lowest BCUT2D eigenvalue weighted by Crippen LogP contribution is -2.32. The van der Waals surface area contributed by atoms with Gasteiger partial charge in [-0.15, -0.1) is 5.06 Å². The maximum absolute atomic E-state index is 11.7. The van der Waals surface area contributed by atoms with Crippen molar-refractivity contribution in [2.45, 2.75) is 12.8 Å². The number of hydrogen-bond acceptors (Lipinski definition) is 5. The molecule has 2 rings (SSSR count). The summed E-state index contributed by atoms with van der Waals surface area (Å²) in [7, 11) is 0. The van der Waals surface area contributed by atoms with E-state index in [9.17, 15) is 14.4 Å². The fourth-order valence-corrected chi connectivity index (χ4v) is 1.84. The van der Waals surface area contributed by atoms with Gasteiger partial charge in [0.05, 0.1) is 5.56 Å². The molecule has 0 N–H and O–H groups in total. The summed E-state index contributed by atoms with van der Waals surface area (Å²) in [5, 5.41) is 0.465. The van der Waals surface area contributed by atoms with Crippen molar-refractivity contribution < 1.29 is 19.2 Å². The molecule has 0 spiro atoms. The maximum atomic E-state index is 11.7. The van der Waals surface area contributed by atoms with E-state index in [-0.39, 0.29) is 28.7 Å². The van der Waals surface area contributed by atoms with Gasteiger partial charge in [0.2, 0.25) is 0 Å². The second kappa shape index (κ2) is 4.91. The molecule has 1 aromatic heterocycles. The van der Waals surface area contributed by atoms with Gasteiger partial charge >= 0.3 is 5.97 Å². The van der Waals surface area contributed by atoms with Gasteiger partial charge in [-0.05, 0) is 12.1 Å². The first-order chi connectivity index (χ1) is 8.47. The van der Waals surface area contributed by atoms with Crippen LogP contribution in [0.2, 0.25) is 10.3 Å². The monoisotopic (exact) mass is 288 g/mol. The Balaban J connectivity index is 2.17. The Morgan fingerprint density at radius 3 is 2.17 bits per heavy atom. The number of hydroxylamine groups is 2. The Kier molecular flexibility index (Phi) is 3.49. The topological polar surface area (TPSA) is 76.6 Å². The van der Waals surface area contributed by atoms with Gasteiger partial charge in [-0.3, -0.25) is 9.59 Å². The van der Waals surface area contributed by atoms with E-state index in [0.29, 0.717) is 5.06 Å². The molecular weight excluding hydrogens is 283 g/mol. The third kappa shape index (κ3) is 2.60. The lowest BCUT2D eigenvalue weighted by Gasteiger charge is -2.12. The molecule has 0 unspecified atom stereocenters. The van der Waals surface area contributed by atoms with Gasteiger partial charge in [0, 0.05) is 12.8 Å². The predicted molar refractivity (Wildman–Crippen MR) is 60.8 cm³/mol. The van der Waals surface area contributed by atoms with Crippen molar-refractivity contribution in [2.24, 2.45) is 0 Å². The number of carbonyl (C=O) groups is 3. The molecule has 1 aliphatic heterocycles. The SMILES string of the molecule is O=C(ON1C(=O)CCC1=O)c1cc(Cl)nc(Cl)c1.